The number of aromatic nitrogens is 1. The molecule has 114 valence electrons. The average Bonchev–Trinajstić information content (AvgIpc) is 2.54. The van der Waals surface area contributed by atoms with Gasteiger partial charge in [0.25, 0.3) is 0 Å². The van der Waals surface area contributed by atoms with Gasteiger partial charge in [0.2, 0.25) is 5.91 Å². The minimum atomic E-state index is -0.0303. The number of pyridine rings is 1. The van der Waals surface area contributed by atoms with E-state index in [9.17, 15) is 4.79 Å². The molecule has 1 aromatic carbocycles. The molecule has 0 atom stereocenters. The van der Waals surface area contributed by atoms with Crippen LogP contribution in [-0.4, -0.2) is 24.1 Å². The SMILES string of the molecule is Cc1ccc(CNC(=O)Cc2ccc3c(c2)OCCO3)cn1. The van der Waals surface area contributed by atoms with Crippen LogP contribution >= 0.6 is 0 Å². The Bertz CT molecular complexity index is 668. The fraction of sp³-hybridized carbons (Fsp3) is 0.294. The molecule has 0 aliphatic carbocycles. The Balaban J connectivity index is 1.56. The van der Waals surface area contributed by atoms with Gasteiger partial charge < -0.3 is 14.8 Å². The summed E-state index contributed by atoms with van der Waals surface area (Å²) in [6.07, 6.45) is 2.09. The highest BCUT2D eigenvalue weighted by Crippen LogP contribution is 2.30. The minimum absolute atomic E-state index is 0.0303. The number of hydrogen-bond donors (Lipinski definition) is 1. The van der Waals surface area contributed by atoms with Crippen molar-refractivity contribution in [3.63, 3.8) is 0 Å². The molecular weight excluding hydrogens is 280 g/mol. The van der Waals surface area contributed by atoms with Gasteiger partial charge in [-0.15, -0.1) is 0 Å². The highest BCUT2D eigenvalue weighted by atomic mass is 16.6. The minimum Gasteiger partial charge on any atom is -0.486 e. The van der Waals surface area contributed by atoms with E-state index < -0.39 is 0 Å². The molecule has 5 heteroatoms. The first-order valence-electron chi connectivity index (χ1n) is 7.27. The van der Waals surface area contributed by atoms with Gasteiger partial charge in [0.05, 0.1) is 6.42 Å². The van der Waals surface area contributed by atoms with Crippen LogP contribution in [0.2, 0.25) is 0 Å². The Morgan fingerprint density at radius 3 is 2.68 bits per heavy atom. The molecule has 1 aromatic heterocycles. The molecule has 3 rings (SSSR count). The molecule has 2 aromatic rings. The molecule has 0 saturated carbocycles. The highest BCUT2D eigenvalue weighted by Gasteiger charge is 2.13. The van der Waals surface area contributed by atoms with Crippen LogP contribution in [0, 0.1) is 6.92 Å². The van der Waals surface area contributed by atoms with Gasteiger partial charge in [-0.2, -0.15) is 0 Å². The van der Waals surface area contributed by atoms with Gasteiger partial charge in [-0.1, -0.05) is 12.1 Å². The van der Waals surface area contributed by atoms with Crippen molar-refractivity contribution >= 4 is 5.91 Å². The van der Waals surface area contributed by atoms with E-state index in [0.29, 0.717) is 31.9 Å². The standard InChI is InChI=1S/C17H18N2O3/c1-12-2-3-14(10-18-12)11-19-17(20)9-13-4-5-15-16(8-13)22-7-6-21-15/h2-5,8,10H,6-7,9,11H2,1H3,(H,19,20). The van der Waals surface area contributed by atoms with Crippen LogP contribution in [0.1, 0.15) is 16.8 Å². The monoisotopic (exact) mass is 298 g/mol. The zero-order valence-electron chi connectivity index (χ0n) is 12.5. The normalized spacial score (nSPS) is 12.8. The van der Waals surface area contributed by atoms with Crippen molar-refractivity contribution in [3.8, 4) is 11.5 Å². The van der Waals surface area contributed by atoms with Crippen LogP contribution in [0.15, 0.2) is 36.5 Å². The number of nitrogens with one attached hydrogen (secondary N) is 1. The lowest BCUT2D eigenvalue weighted by atomic mass is 10.1. The van der Waals surface area contributed by atoms with E-state index >= 15 is 0 Å². The van der Waals surface area contributed by atoms with Crippen LogP contribution < -0.4 is 14.8 Å². The van der Waals surface area contributed by atoms with E-state index in [1.54, 1.807) is 6.20 Å². The summed E-state index contributed by atoms with van der Waals surface area (Å²) < 4.78 is 11.0. The smallest absolute Gasteiger partial charge is 0.224 e. The predicted octanol–water partition coefficient (Wildman–Crippen LogP) is 2.02. The molecule has 0 unspecified atom stereocenters. The average molecular weight is 298 g/mol. The number of ether oxygens (including phenoxy) is 2. The molecule has 0 saturated heterocycles. The molecular formula is C17H18N2O3. The Kier molecular flexibility index (Phi) is 4.23. The summed E-state index contributed by atoms with van der Waals surface area (Å²) in [6, 6.07) is 9.50. The summed E-state index contributed by atoms with van der Waals surface area (Å²) in [5.74, 6) is 1.41. The number of carbonyl (C=O) groups excluding carboxylic acids is 1. The summed E-state index contributed by atoms with van der Waals surface area (Å²) in [4.78, 5) is 16.2. The Hall–Kier alpha value is -2.56. The maximum Gasteiger partial charge on any atom is 0.224 e. The fourth-order valence-electron chi connectivity index (χ4n) is 2.25. The van der Waals surface area contributed by atoms with Crippen LogP contribution in [0.3, 0.4) is 0 Å². The topological polar surface area (TPSA) is 60.5 Å². The molecule has 2 heterocycles. The number of hydrogen-bond acceptors (Lipinski definition) is 4. The van der Waals surface area contributed by atoms with Crippen molar-refractivity contribution < 1.29 is 14.3 Å². The summed E-state index contributed by atoms with van der Waals surface area (Å²) in [5.41, 5.74) is 2.86. The summed E-state index contributed by atoms with van der Waals surface area (Å²) >= 11 is 0. The second kappa shape index (κ2) is 6.47. The zero-order valence-corrected chi connectivity index (χ0v) is 12.5. The third-order valence-corrected chi connectivity index (χ3v) is 3.43. The number of carbonyl (C=O) groups is 1. The van der Waals surface area contributed by atoms with Crippen molar-refractivity contribution in [3.05, 3.63) is 53.3 Å². The number of rotatable bonds is 4. The predicted molar refractivity (Wildman–Crippen MR) is 82.0 cm³/mol. The van der Waals surface area contributed by atoms with Crippen LogP contribution in [0.5, 0.6) is 11.5 Å². The number of benzene rings is 1. The van der Waals surface area contributed by atoms with Gasteiger partial charge in [0.1, 0.15) is 13.2 Å². The van der Waals surface area contributed by atoms with E-state index in [1.807, 2.05) is 37.3 Å². The largest absolute Gasteiger partial charge is 0.486 e. The van der Waals surface area contributed by atoms with Crippen molar-refractivity contribution in [2.75, 3.05) is 13.2 Å². The van der Waals surface area contributed by atoms with Gasteiger partial charge >= 0.3 is 0 Å². The van der Waals surface area contributed by atoms with Gasteiger partial charge in [0, 0.05) is 18.4 Å². The number of nitrogens with zero attached hydrogens (tertiary/aromatic N) is 1. The van der Waals surface area contributed by atoms with E-state index in [1.165, 1.54) is 0 Å². The first kappa shape index (κ1) is 14.4. The van der Waals surface area contributed by atoms with E-state index in [4.69, 9.17) is 9.47 Å². The van der Waals surface area contributed by atoms with E-state index in [-0.39, 0.29) is 5.91 Å². The summed E-state index contributed by atoms with van der Waals surface area (Å²) in [6.45, 7) is 3.53. The number of aryl methyl sites for hydroxylation is 1. The summed E-state index contributed by atoms with van der Waals surface area (Å²) in [7, 11) is 0. The van der Waals surface area contributed by atoms with Gasteiger partial charge in [-0.3, -0.25) is 9.78 Å². The van der Waals surface area contributed by atoms with Crippen LogP contribution in [-0.2, 0) is 17.8 Å². The van der Waals surface area contributed by atoms with Gasteiger partial charge in [-0.25, -0.2) is 0 Å². The molecule has 0 spiro atoms. The van der Waals surface area contributed by atoms with Crippen LogP contribution in [0.25, 0.3) is 0 Å². The first-order valence-corrected chi connectivity index (χ1v) is 7.27. The molecule has 22 heavy (non-hydrogen) atoms. The van der Waals surface area contributed by atoms with Crippen molar-refractivity contribution in [1.29, 1.82) is 0 Å². The maximum absolute atomic E-state index is 12.0. The molecule has 0 bridgehead atoms. The summed E-state index contributed by atoms with van der Waals surface area (Å²) in [5, 5.41) is 2.90. The molecule has 1 N–H and O–H groups in total. The Morgan fingerprint density at radius 1 is 1.14 bits per heavy atom. The molecule has 0 radical (unpaired) electrons. The van der Waals surface area contributed by atoms with Crippen molar-refractivity contribution in [2.45, 2.75) is 19.9 Å². The molecule has 1 aliphatic heterocycles. The van der Waals surface area contributed by atoms with E-state index in [0.717, 1.165) is 22.6 Å². The van der Waals surface area contributed by atoms with E-state index in [2.05, 4.69) is 10.3 Å². The first-order chi connectivity index (χ1) is 10.7. The lowest BCUT2D eigenvalue weighted by molar-refractivity contribution is -0.120. The molecule has 1 amide bonds. The zero-order chi connectivity index (χ0) is 15.4. The van der Waals surface area contributed by atoms with Gasteiger partial charge in [-0.05, 0) is 36.2 Å². The Morgan fingerprint density at radius 2 is 1.91 bits per heavy atom. The second-order valence-electron chi connectivity index (χ2n) is 5.24. The third kappa shape index (κ3) is 3.55. The number of fused-ring (bicyclic) bond motifs is 1. The van der Waals surface area contributed by atoms with Crippen LogP contribution in [0.4, 0.5) is 0 Å². The molecule has 0 fully saturated rings. The molecule has 1 aliphatic rings. The third-order valence-electron chi connectivity index (χ3n) is 3.43. The molecule has 5 nitrogen and oxygen atoms in total. The number of amides is 1. The van der Waals surface area contributed by atoms with Crippen molar-refractivity contribution in [1.82, 2.24) is 10.3 Å². The van der Waals surface area contributed by atoms with Gasteiger partial charge in [0.15, 0.2) is 11.5 Å². The lowest BCUT2D eigenvalue weighted by Crippen LogP contribution is -2.24. The highest BCUT2D eigenvalue weighted by molar-refractivity contribution is 5.78. The fourth-order valence-corrected chi connectivity index (χ4v) is 2.25. The quantitative estimate of drug-likeness (QED) is 0.938. The maximum atomic E-state index is 12.0. The Labute approximate surface area is 129 Å². The lowest BCUT2D eigenvalue weighted by Gasteiger charge is -2.18. The second-order valence-corrected chi connectivity index (χ2v) is 5.24. The van der Waals surface area contributed by atoms with Crippen molar-refractivity contribution in [2.24, 2.45) is 0 Å².